The SMILES string of the molecule is CC(C)(C)SCCCC(CN)c1ccccc1. The van der Waals surface area contributed by atoms with Gasteiger partial charge in [-0.2, -0.15) is 11.8 Å². The molecule has 1 nitrogen and oxygen atoms in total. The van der Waals surface area contributed by atoms with Gasteiger partial charge >= 0.3 is 0 Å². The summed E-state index contributed by atoms with van der Waals surface area (Å²) in [6.07, 6.45) is 2.45. The van der Waals surface area contributed by atoms with Crippen LogP contribution < -0.4 is 5.73 Å². The van der Waals surface area contributed by atoms with Crippen LogP contribution in [0.15, 0.2) is 30.3 Å². The zero-order chi connectivity index (χ0) is 12.7. The van der Waals surface area contributed by atoms with Crippen LogP contribution >= 0.6 is 11.8 Å². The number of nitrogens with two attached hydrogens (primary N) is 1. The van der Waals surface area contributed by atoms with E-state index in [1.54, 1.807) is 0 Å². The minimum atomic E-state index is 0.380. The predicted molar refractivity (Wildman–Crippen MR) is 79.7 cm³/mol. The molecule has 0 saturated heterocycles. The third-order valence-corrected chi connectivity index (χ3v) is 4.15. The molecule has 0 saturated carbocycles. The topological polar surface area (TPSA) is 26.0 Å². The molecule has 1 unspecified atom stereocenters. The van der Waals surface area contributed by atoms with Gasteiger partial charge in [0.1, 0.15) is 0 Å². The number of thioether (sulfide) groups is 1. The Labute approximate surface area is 110 Å². The van der Waals surface area contributed by atoms with Gasteiger partial charge in [0.15, 0.2) is 0 Å². The molecule has 0 aromatic heterocycles. The van der Waals surface area contributed by atoms with Crippen LogP contribution in [0.1, 0.15) is 45.1 Å². The Hall–Kier alpha value is -0.470. The predicted octanol–water partition coefficient (Wildman–Crippen LogP) is 4.04. The van der Waals surface area contributed by atoms with E-state index in [1.165, 1.54) is 24.2 Å². The lowest BCUT2D eigenvalue weighted by atomic mass is 9.95. The molecule has 0 spiro atoms. The minimum absolute atomic E-state index is 0.380. The summed E-state index contributed by atoms with van der Waals surface area (Å²) in [5.74, 6) is 1.75. The highest BCUT2D eigenvalue weighted by atomic mass is 32.2. The first-order chi connectivity index (χ1) is 8.03. The smallest absolute Gasteiger partial charge is 0.00750 e. The first-order valence-corrected chi connectivity index (χ1v) is 7.40. The third-order valence-electron chi connectivity index (χ3n) is 2.79. The first kappa shape index (κ1) is 14.6. The Kier molecular flexibility index (Phi) is 6.07. The van der Waals surface area contributed by atoms with Crippen molar-refractivity contribution >= 4 is 11.8 Å². The Morgan fingerprint density at radius 2 is 1.82 bits per heavy atom. The highest BCUT2D eigenvalue weighted by molar-refractivity contribution is 8.00. The quantitative estimate of drug-likeness (QED) is 0.772. The third kappa shape index (κ3) is 6.13. The molecule has 0 aliphatic carbocycles. The van der Waals surface area contributed by atoms with Gasteiger partial charge in [-0.25, -0.2) is 0 Å². The van der Waals surface area contributed by atoms with Gasteiger partial charge in [-0.1, -0.05) is 51.1 Å². The summed E-state index contributed by atoms with van der Waals surface area (Å²) in [6, 6.07) is 10.6. The average Bonchev–Trinajstić information content (AvgIpc) is 2.29. The second kappa shape index (κ2) is 7.07. The van der Waals surface area contributed by atoms with Crippen molar-refractivity contribution in [3.05, 3.63) is 35.9 Å². The Morgan fingerprint density at radius 3 is 2.35 bits per heavy atom. The molecule has 17 heavy (non-hydrogen) atoms. The summed E-state index contributed by atoms with van der Waals surface area (Å²) >= 11 is 2.04. The van der Waals surface area contributed by atoms with Crippen LogP contribution in [0.25, 0.3) is 0 Å². The lowest BCUT2D eigenvalue weighted by Crippen LogP contribution is -2.13. The summed E-state index contributed by atoms with van der Waals surface area (Å²) in [4.78, 5) is 0. The van der Waals surface area contributed by atoms with Crippen molar-refractivity contribution < 1.29 is 0 Å². The summed E-state index contributed by atoms with van der Waals surface area (Å²) in [5, 5.41) is 0. The normalized spacial score (nSPS) is 13.6. The number of hydrogen-bond donors (Lipinski definition) is 1. The van der Waals surface area contributed by atoms with Crippen molar-refractivity contribution in [1.82, 2.24) is 0 Å². The van der Waals surface area contributed by atoms with Crippen molar-refractivity contribution in [1.29, 1.82) is 0 Å². The number of rotatable bonds is 6. The largest absolute Gasteiger partial charge is 0.330 e. The van der Waals surface area contributed by atoms with E-state index in [4.69, 9.17) is 5.73 Å². The van der Waals surface area contributed by atoms with Crippen LogP contribution in [0.2, 0.25) is 0 Å². The maximum Gasteiger partial charge on any atom is 0.00750 e. The maximum absolute atomic E-state index is 5.87. The van der Waals surface area contributed by atoms with Gasteiger partial charge in [0.2, 0.25) is 0 Å². The Morgan fingerprint density at radius 1 is 1.18 bits per heavy atom. The Bertz CT molecular complexity index is 302. The molecule has 2 heteroatoms. The van der Waals surface area contributed by atoms with E-state index in [1.807, 2.05) is 11.8 Å². The van der Waals surface area contributed by atoms with Crippen LogP contribution in [-0.4, -0.2) is 17.0 Å². The first-order valence-electron chi connectivity index (χ1n) is 6.42. The molecule has 1 aromatic rings. The van der Waals surface area contributed by atoms with E-state index >= 15 is 0 Å². The number of benzene rings is 1. The van der Waals surface area contributed by atoms with E-state index in [0.717, 1.165) is 6.54 Å². The maximum atomic E-state index is 5.87. The van der Waals surface area contributed by atoms with Crippen LogP contribution in [0.3, 0.4) is 0 Å². The van der Waals surface area contributed by atoms with Crippen LogP contribution in [0.5, 0.6) is 0 Å². The fourth-order valence-electron chi connectivity index (χ4n) is 1.85. The van der Waals surface area contributed by atoms with Gasteiger partial charge < -0.3 is 5.73 Å². The molecule has 0 aliphatic heterocycles. The molecule has 0 amide bonds. The van der Waals surface area contributed by atoms with Gasteiger partial charge in [-0.05, 0) is 36.6 Å². The standard InChI is InChI=1S/C15H25NS/c1-15(2,3)17-11-7-10-14(12-16)13-8-5-4-6-9-13/h4-6,8-9,14H,7,10-12,16H2,1-3H3. The zero-order valence-corrected chi connectivity index (χ0v) is 12.1. The molecular weight excluding hydrogens is 226 g/mol. The van der Waals surface area contributed by atoms with Crippen LogP contribution in [-0.2, 0) is 0 Å². The highest BCUT2D eigenvalue weighted by Crippen LogP contribution is 2.26. The van der Waals surface area contributed by atoms with E-state index in [9.17, 15) is 0 Å². The minimum Gasteiger partial charge on any atom is -0.330 e. The molecule has 1 rings (SSSR count). The van der Waals surface area contributed by atoms with Crippen LogP contribution in [0.4, 0.5) is 0 Å². The van der Waals surface area contributed by atoms with Crippen molar-refractivity contribution in [3.8, 4) is 0 Å². The van der Waals surface area contributed by atoms with Gasteiger partial charge in [-0.3, -0.25) is 0 Å². The van der Waals surface area contributed by atoms with E-state index in [2.05, 4.69) is 51.1 Å². The molecule has 0 aliphatic rings. The molecule has 1 atom stereocenters. The molecular formula is C15H25NS. The zero-order valence-electron chi connectivity index (χ0n) is 11.3. The summed E-state index contributed by atoms with van der Waals surface area (Å²) in [5.41, 5.74) is 7.25. The fraction of sp³-hybridized carbons (Fsp3) is 0.600. The Balaban J connectivity index is 2.34. The average molecular weight is 251 g/mol. The van der Waals surface area contributed by atoms with Gasteiger partial charge in [0, 0.05) is 4.75 Å². The van der Waals surface area contributed by atoms with Crippen molar-refractivity contribution in [2.75, 3.05) is 12.3 Å². The number of hydrogen-bond acceptors (Lipinski definition) is 2. The monoisotopic (exact) mass is 251 g/mol. The van der Waals surface area contributed by atoms with Gasteiger partial charge in [-0.15, -0.1) is 0 Å². The van der Waals surface area contributed by atoms with Gasteiger partial charge in [0.25, 0.3) is 0 Å². The molecule has 96 valence electrons. The molecule has 2 N–H and O–H groups in total. The van der Waals surface area contributed by atoms with E-state index in [0.29, 0.717) is 10.7 Å². The van der Waals surface area contributed by atoms with Crippen molar-refractivity contribution in [2.24, 2.45) is 5.73 Å². The molecule has 1 aromatic carbocycles. The highest BCUT2D eigenvalue weighted by Gasteiger charge is 2.12. The fourth-order valence-corrected chi connectivity index (χ4v) is 2.78. The lowest BCUT2D eigenvalue weighted by Gasteiger charge is -2.19. The van der Waals surface area contributed by atoms with Gasteiger partial charge in [0.05, 0.1) is 0 Å². The van der Waals surface area contributed by atoms with E-state index in [-0.39, 0.29) is 0 Å². The van der Waals surface area contributed by atoms with Crippen LogP contribution in [0, 0.1) is 0 Å². The summed E-state index contributed by atoms with van der Waals surface area (Å²) in [7, 11) is 0. The summed E-state index contributed by atoms with van der Waals surface area (Å²) in [6.45, 7) is 7.57. The van der Waals surface area contributed by atoms with Crippen molar-refractivity contribution in [2.45, 2.75) is 44.3 Å². The molecule has 0 bridgehead atoms. The molecule has 0 fully saturated rings. The molecule has 0 radical (unpaired) electrons. The molecule has 0 heterocycles. The lowest BCUT2D eigenvalue weighted by molar-refractivity contribution is 0.624. The van der Waals surface area contributed by atoms with E-state index < -0.39 is 0 Å². The van der Waals surface area contributed by atoms with Crippen molar-refractivity contribution in [3.63, 3.8) is 0 Å². The second-order valence-electron chi connectivity index (χ2n) is 5.45. The second-order valence-corrected chi connectivity index (χ2v) is 7.37. The summed E-state index contributed by atoms with van der Waals surface area (Å²) < 4.78 is 0.380.